The predicted octanol–water partition coefficient (Wildman–Crippen LogP) is 2.38. The van der Waals surface area contributed by atoms with Crippen LogP contribution in [0.1, 0.15) is 52.9 Å². The number of hydrogen-bond donors (Lipinski definition) is 3. The molecule has 0 unspecified atom stereocenters. The van der Waals surface area contributed by atoms with Crippen LogP contribution in [0.2, 0.25) is 0 Å². The minimum atomic E-state index is -0.629. The molecule has 8 atom stereocenters. The van der Waals surface area contributed by atoms with Crippen molar-refractivity contribution in [2.45, 2.75) is 71.2 Å². The topological polar surface area (TPSA) is 77.8 Å². The van der Waals surface area contributed by atoms with Crippen molar-refractivity contribution in [3.63, 3.8) is 0 Å². The molecule has 4 rings (SSSR count). The minimum Gasteiger partial charge on any atom is -0.393 e. The second-order valence-corrected chi connectivity index (χ2v) is 9.25. The summed E-state index contributed by atoms with van der Waals surface area (Å²) in [5, 5.41) is 32.1. The summed E-state index contributed by atoms with van der Waals surface area (Å²) in [6, 6.07) is 0. The maximum absolute atomic E-state index is 12.1. The van der Waals surface area contributed by atoms with E-state index in [0.717, 1.165) is 24.0 Å². The Morgan fingerprint density at radius 3 is 2.56 bits per heavy atom. The number of ketones is 1. The van der Waals surface area contributed by atoms with Crippen molar-refractivity contribution in [3.05, 3.63) is 23.3 Å². The van der Waals surface area contributed by atoms with Crippen molar-refractivity contribution in [2.24, 2.45) is 28.6 Å². The Bertz CT molecular complexity index is 665. The van der Waals surface area contributed by atoms with Gasteiger partial charge in [0.05, 0.1) is 18.3 Å². The third-order valence-corrected chi connectivity index (χ3v) is 8.08. The highest BCUT2D eigenvalue weighted by Crippen LogP contribution is 2.64. The van der Waals surface area contributed by atoms with Gasteiger partial charge < -0.3 is 15.3 Å². The number of carbonyl (C=O) groups excluding carboxylic acids is 1. The largest absolute Gasteiger partial charge is 0.393 e. The molecule has 25 heavy (non-hydrogen) atoms. The molecule has 0 aromatic rings. The lowest BCUT2D eigenvalue weighted by Gasteiger charge is -2.60. The lowest BCUT2D eigenvalue weighted by molar-refractivity contribution is -0.148. The molecule has 2 fully saturated rings. The molecule has 0 heterocycles. The van der Waals surface area contributed by atoms with Gasteiger partial charge in [-0.05, 0) is 55.9 Å². The normalized spacial score (nSPS) is 51.8. The molecule has 0 bridgehead atoms. The summed E-state index contributed by atoms with van der Waals surface area (Å²) in [5.74, 6) is 0.719. The van der Waals surface area contributed by atoms with E-state index in [4.69, 9.17) is 0 Å². The van der Waals surface area contributed by atoms with Crippen LogP contribution in [-0.4, -0.2) is 39.4 Å². The van der Waals surface area contributed by atoms with E-state index in [9.17, 15) is 20.1 Å². The van der Waals surface area contributed by atoms with Crippen LogP contribution in [-0.2, 0) is 4.79 Å². The van der Waals surface area contributed by atoms with E-state index in [1.54, 1.807) is 6.92 Å². The predicted molar refractivity (Wildman–Crippen MR) is 94.6 cm³/mol. The lowest BCUT2D eigenvalue weighted by atomic mass is 9.46. The van der Waals surface area contributed by atoms with Crippen LogP contribution in [0.4, 0.5) is 0 Å². The van der Waals surface area contributed by atoms with Gasteiger partial charge in [0.1, 0.15) is 0 Å². The van der Waals surface area contributed by atoms with Crippen molar-refractivity contribution in [2.75, 3.05) is 0 Å². The van der Waals surface area contributed by atoms with E-state index in [0.29, 0.717) is 25.2 Å². The molecule has 4 heteroatoms. The fraction of sp³-hybridized carbons (Fsp3) is 0.762. The summed E-state index contributed by atoms with van der Waals surface area (Å²) in [4.78, 5) is 12.1. The molecular weight excluding hydrogens is 316 g/mol. The summed E-state index contributed by atoms with van der Waals surface area (Å²) < 4.78 is 0. The van der Waals surface area contributed by atoms with E-state index in [1.165, 1.54) is 0 Å². The van der Waals surface area contributed by atoms with Crippen molar-refractivity contribution in [3.8, 4) is 0 Å². The van der Waals surface area contributed by atoms with Crippen LogP contribution in [0.5, 0.6) is 0 Å². The quantitative estimate of drug-likeness (QED) is 0.637. The summed E-state index contributed by atoms with van der Waals surface area (Å²) in [6.45, 7) is 5.84. The van der Waals surface area contributed by atoms with Crippen molar-refractivity contribution in [1.82, 2.24) is 0 Å². The van der Waals surface area contributed by atoms with Gasteiger partial charge >= 0.3 is 0 Å². The van der Waals surface area contributed by atoms with Gasteiger partial charge in [-0.2, -0.15) is 0 Å². The molecule has 0 aromatic heterocycles. The Balaban J connectivity index is 1.75. The van der Waals surface area contributed by atoms with Gasteiger partial charge in [0.25, 0.3) is 0 Å². The monoisotopic (exact) mass is 346 g/mol. The number of allylic oxidation sites excluding steroid dienone is 3. The standard InChI is InChI=1S/C21H30O4/c1-11(22)15-6-7-16-14-5-4-12-8-13(23)9-18(25)21(12,3)19(14)17(24)10-20(15,16)2/h4,6,13-14,16-19,23-25H,5,7-10H2,1-3H3/t13-,14+,16+,17-,18+,19-,20-,21-/m1/s1. The number of aliphatic hydroxyl groups excluding tert-OH is 3. The average Bonchev–Trinajstić information content (AvgIpc) is 2.85. The van der Waals surface area contributed by atoms with Gasteiger partial charge in [-0.15, -0.1) is 0 Å². The molecule has 0 spiro atoms. The van der Waals surface area contributed by atoms with Gasteiger partial charge in [0.2, 0.25) is 0 Å². The molecule has 0 aliphatic heterocycles. The number of Topliss-reactive ketones (excluding diaryl/α,β-unsaturated/α-hetero) is 1. The summed E-state index contributed by atoms with van der Waals surface area (Å²) in [7, 11) is 0. The van der Waals surface area contributed by atoms with E-state index >= 15 is 0 Å². The van der Waals surface area contributed by atoms with Crippen LogP contribution < -0.4 is 0 Å². The molecule has 0 saturated heterocycles. The first kappa shape index (κ1) is 17.4. The Kier molecular flexibility index (Phi) is 3.85. The zero-order valence-electron chi connectivity index (χ0n) is 15.4. The summed E-state index contributed by atoms with van der Waals surface area (Å²) >= 11 is 0. The van der Waals surface area contributed by atoms with Gasteiger partial charge in [-0.1, -0.05) is 31.6 Å². The Labute approximate surface area is 149 Å². The lowest BCUT2D eigenvalue weighted by Crippen LogP contribution is -2.60. The third kappa shape index (κ3) is 2.20. The van der Waals surface area contributed by atoms with Crippen LogP contribution in [0.25, 0.3) is 0 Å². The maximum atomic E-state index is 12.1. The molecule has 4 aliphatic carbocycles. The maximum Gasteiger partial charge on any atom is 0.156 e. The first-order chi connectivity index (χ1) is 11.7. The first-order valence-electron chi connectivity index (χ1n) is 9.65. The number of aliphatic hydroxyl groups is 3. The molecule has 4 aliphatic rings. The number of fused-ring (bicyclic) bond motifs is 5. The van der Waals surface area contributed by atoms with Gasteiger partial charge in [0, 0.05) is 17.3 Å². The molecule has 0 aromatic carbocycles. The van der Waals surface area contributed by atoms with Gasteiger partial charge in [0.15, 0.2) is 5.78 Å². The first-order valence-corrected chi connectivity index (χ1v) is 9.65. The summed E-state index contributed by atoms with van der Waals surface area (Å²) in [5.41, 5.74) is 1.27. The Morgan fingerprint density at radius 1 is 1.16 bits per heavy atom. The van der Waals surface area contributed by atoms with Crippen molar-refractivity contribution < 1.29 is 20.1 Å². The second-order valence-electron chi connectivity index (χ2n) is 9.25. The third-order valence-electron chi connectivity index (χ3n) is 8.08. The molecule has 138 valence electrons. The summed E-state index contributed by atoms with van der Waals surface area (Å²) in [6.07, 6.45) is 5.95. The molecule has 3 N–H and O–H groups in total. The van der Waals surface area contributed by atoms with Crippen LogP contribution in [0.3, 0.4) is 0 Å². The molecular formula is C21H30O4. The zero-order chi connectivity index (χ0) is 18.1. The molecule has 0 amide bonds. The zero-order valence-corrected chi connectivity index (χ0v) is 15.4. The van der Waals surface area contributed by atoms with Crippen LogP contribution >= 0.6 is 0 Å². The van der Waals surface area contributed by atoms with E-state index in [1.807, 2.05) is 0 Å². The Morgan fingerprint density at radius 2 is 1.88 bits per heavy atom. The molecule has 0 radical (unpaired) electrons. The highest BCUT2D eigenvalue weighted by Gasteiger charge is 2.62. The molecule has 4 nitrogen and oxygen atoms in total. The van der Waals surface area contributed by atoms with Gasteiger partial charge in [-0.3, -0.25) is 4.79 Å². The number of carbonyl (C=O) groups is 1. The van der Waals surface area contributed by atoms with Crippen molar-refractivity contribution in [1.29, 1.82) is 0 Å². The number of hydrogen-bond acceptors (Lipinski definition) is 4. The smallest absolute Gasteiger partial charge is 0.156 e. The minimum absolute atomic E-state index is 0.00668. The van der Waals surface area contributed by atoms with Crippen molar-refractivity contribution >= 4 is 5.78 Å². The van der Waals surface area contributed by atoms with E-state index in [2.05, 4.69) is 26.0 Å². The Hall–Kier alpha value is -0.970. The van der Waals surface area contributed by atoms with Gasteiger partial charge in [-0.25, -0.2) is 0 Å². The molecule has 2 saturated carbocycles. The fourth-order valence-corrected chi connectivity index (χ4v) is 6.94. The van der Waals surface area contributed by atoms with E-state index < -0.39 is 23.7 Å². The second kappa shape index (κ2) is 5.51. The van der Waals surface area contributed by atoms with E-state index in [-0.39, 0.29) is 23.0 Å². The average molecular weight is 346 g/mol. The highest BCUT2D eigenvalue weighted by molar-refractivity contribution is 5.95. The SMILES string of the molecule is CC(=O)C1=CC[C@H]2[C@@H]3CC=C4C[C@@H](O)C[C@H](O)[C@]4(C)[C@H]3[C@H](O)C[C@]12C. The highest BCUT2D eigenvalue weighted by atomic mass is 16.3. The van der Waals surface area contributed by atoms with Crippen LogP contribution in [0, 0.1) is 28.6 Å². The number of rotatable bonds is 1. The fourth-order valence-electron chi connectivity index (χ4n) is 6.94. The van der Waals surface area contributed by atoms with Crippen LogP contribution in [0.15, 0.2) is 23.3 Å².